The first kappa shape index (κ1) is 28.0. The monoisotopic (exact) mass is 529 g/mol. The predicted octanol–water partition coefficient (Wildman–Crippen LogP) is 4.65. The van der Waals surface area contributed by atoms with Crippen LogP contribution in [0, 0.1) is 11.3 Å². The Morgan fingerprint density at radius 1 is 1.03 bits per heavy atom. The van der Waals surface area contributed by atoms with E-state index in [-0.39, 0.29) is 17.6 Å². The first-order chi connectivity index (χ1) is 18.9. The van der Waals surface area contributed by atoms with Gasteiger partial charge in [0.1, 0.15) is 29.5 Å². The highest BCUT2D eigenvalue weighted by atomic mass is 16.5. The van der Waals surface area contributed by atoms with Gasteiger partial charge in [-0.15, -0.1) is 0 Å². The van der Waals surface area contributed by atoms with Crippen LogP contribution in [0.25, 0.3) is 0 Å². The van der Waals surface area contributed by atoms with E-state index < -0.39 is 0 Å². The lowest BCUT2D eigenvalue weighted by Gasteiger charge is -2.31. The van der Waals surface area contributed by atoms with Crippen molar-refractivity contribution in [1.82, 2.24) is 19.8 Å². The summed E-state index contributed by atoms with van der Waals surface area (Å²) in [6.45, 7) is 6.30. The number of ether oxygens (including phenoxy) is 1. The van der Waals surface area contributed by atoms with Gasteiger partial charge in [-0.3, -0.25) is 10.2 Å². The van der Waals surface area contributed by atoms with E-state index in [2.05, 4.69) is 34.2 Å². The van der Waals surface area contributed by atoms with E-state index in [0.717, 1.165) is 37.5 Å². The Balaban J connectivity index is 0.000000379. The van der Waals surface area contributed by atoms with E-state index in [4.69, 9.17) is 15.9 Å². The molecule has 206 valence electrons. The van der Waals surface area contributed by atoms with E-state index in [1.807, 2.05) is 54.6 Å². The van der Waals surface area contributed by atoms with Gasteiger partial charge in [0.15, 0.2) is 0 Å². The summed E-state index contributed by atoms with van der Waals surface area (Å²) in [5.41, 5.74) is 7.46. The number of carbonyl (C=O) groups excluding carboxylic acids is 1. The molecule has 0 aliphatic carbocycles. The molecular weight excluding hydrogens is 490 g/mol. The summed E-state index contributed by atoms with van der Waals surface area (Å²) in [5, 5.41) is 12.1. The number of para-hydroxylation sites is 1. The summed E-state index contributed by atoms with van der Waals surface area (Å²) in [7, 11) is 2.20. The Hall–Kier alpha value is -3.98. The standard InChI is InChI=1S/C23H24N6O2.C7H15N/c24-21(16-8-10-19(11-9-16)31-18-6-2-1-3-7-18)20-22(25)26-14-27-23(20)28-17-5-4-12-29(13-17)15-30;1-7-3-5-8(2)6-4-7/h1-3,6-11,14-15,17,24H,4-5,12-13H2,(H3,25,26,27,28);7H,3-6H2,1-2H3. The number of nitrogens with zero attached hydrogens (tertiary/aromatic N) is 4. The van der Waals surface area contributed by atoms with Crippen molar-refractivity contribution in [3.63, 3.8) is 0 Å². The largest absolute Gasteiger partial charge is 0.457 e. The van der Waals surface area contributed by atoms with Gasteiger partial charge in [0, 0.05) is 24.7 Å². The van der Waals surface area contributed by atoms with Crippen LogP contribution < -0.4 is 15.8 Å². The van der Waals surface area contributed by atoms with Gasteiger partial charge in [0.2, 0.25) is 6.41 Å². The second kappa shape index (κ2) is 13.7. The Morgan fingerprint density at radius 2 is 1.72 bits per heavy atom. The number of likely N-dealkylation sites (tertiary alicyclic amines) is 2. The molecule has 0 spiro atoms. The van der Waals surface area contributed by atoms with E-state index in [1.54, 1.807) is 4.90 Å². The molecule has 3 aromatic rings. The number of aromatic nitrogens is 2. The molecule has 0 radical (unpaired) electrons. The minimum atomic E-state index is 0.0430. The molecule has 2 saturated heterocycles. The molecule has 9 nitrogen and oxygen atoms in total. The summed E-state index contributed by atoms with van der Waals surface area (Å²) in [4.78, 5) is 23.7. The van der Waals surface area contributed by atoms with Crippen LogP contribution in [0.5, 0.6) is 11.5 Å². The molecule has 9 heteroatoms. The molecule has 2 aliphatic rings. The minimum Gasteiger partial charge on any atom is -0.457 e. The van der Waals surface area contributed by atoms with Crippen molar-refractivity contribution < 1.29 is 9.53 Å². The fourth-order valence-corrected chi connectivity index (χ4v) is 4.76. The summed E-state index contributed by atoms with van der Waals surface area (Å²) in [5.74, 6) is 3.13. The molecule has 1 unspecified atom stereocenters. The van der Waals surface area contributed by atoms with Crippen molar-refractivity contribution in [2.45, 2.75) is 38.6 Å². The smallest absolute Gasteiger partial charge is 0.209 e. The number of nitrogens with one attached hydrogen (secondary N) is 2. The fraction of sp³-hybridized carbons (Fsp3) is 0.400. The Morgan fingerprint density at radius 3 is 2.38 bits per heavy atom. The van der Waals surface area contributed by atoms with E-state index in [1.165, 1.54) is 32.3 Å². The van der Waals surface area contributed by atoms with Crippen molar-refractivity contribution in [2.75, 3.05) is 44.3 Å². The van der Waals surface area contributed by atoms with Crippen molar-refractivity contribution in [3.8, 4) is 11.5 Å². The first-order valence-electron chi connectivity index (χ1n) is 13.6. The zero-order chi connectivity index (χ0) is 27.6. The number of nitrogen functional groups attached to an aromatic ring is 1. The molecule has 0 saturated carbocycles. The molecule has 5 rings (SSSR count). The minimum absolute atomic E-state index is 0.0430. The van der Waals surface area contributed by atoms with Crippen LogP contribution >= 0.6 is 0 Å². The third-order valence-electron chi connectivity index (χ3n) is 7.20. The second-order valence-corrected chi connectivity index (χ2v) is 10.4. The number of carbonyl (C=O) groups is 1. The molecule has 1 aromatic heterocycles. The third-order valence-corrected chi connectivity index (χ3v) is 7.20. The van der Waals surface area contributed by atoms with Crippen LogP contribution in [-0.4, -0.2) is 71.2 Å². The van der Waals surface area contributed by atoms with Gasteiger partial charge >= 0.3 is 0 Å². The topological polar surface area (TPSA) is 120 Å². The van der Waals surface area contributed by atoms with Gasteiger partial charge in [-0.1, -0.05) is 25.1 Å². The molecule has 2 aliphatic heterocycles. The van der Waals surface area contributed by atoms with Crippen LogP contribution in [0.1, 0.15) is 43.7 Å². The number of hydrogen-bond donors (Lipinski definition) is 3. The molecule has 4 N–H and O–H groups in total. The molecular formula is C30H39N7O2. The zero-order valence-corrected chi connectivity index (χ0v) is 22.8. The quantitative estimate of drug-likeness (QED) is 0.301. The van der Waals surface area contributed by atoms with Gasteiger partial charge < -0.3 is 25.6 Å². The maximum absolute atomic E-state index is 11.1. The van der Waals surface area contributed by atoms with Crippen LogP contribution in [0.4, 0.5) is 11.6 Å². The van der Waals surface area contributed by atoms with Crippen molar-refractivity contribution in [3.05, 3.63) is 72.1 Å². The van der Waals surface area contributed by atoms with Gasteiger partial charge in [-0.25, -0.2) is 9.97 Å². The summed E-state index contributed by atoms with van der Waals surface area (Å²) >= 11 is 0. The lowest BCUT2D eigenvalue weighted by molar-refractivity contribution is -0.119. The number of rotatable bonds is 7. The number of hydrogen-bond acceptors (Lipinski definition) is 8. The van der Waals surface area contributed by atoms with Gasteiger partial charge in [-0.2, -0.15) is 0 Å². The Labute approximate surface area is 230 Å². The SMILES string of the molecule is CC1CCN(C)CC1.N=C(c1ccc(Oc2ccccc2)cc1)c1c(N)ncnc1NC1CCCN(C=O)C1. The molecule has 1 atom stereocenters. The average molecular weight is 530 g/mol. The fourth-order valence-electron chi connectivity index (χ4n) is 4.76. The molecule has 3 heterocycles. The van der Waals surface area contributed by atoms with Crippen molar-refractivity contribution in [1.29, 1.82) is 5.41 Å². The maximum Gasteiger partial charge on any atom is 0.209 e. The first-order valence-corrected chi connectivity index (χ1v) is 13.6. The van der Waals surface area contributed by atoms with Crippen molar-refractivity contribution >= 4 is 23.8 Å². The number of benzene rings is 2. The molecule has 2 aromatic carbocycles. The maximum atomic E-state index is 11.1. The summed E-state index contributed by atoms with van der Waals surface area (Å²) in [6.07, 6.45) is 6.86. The number of amides is 1. The number of nitrogens with two attached hydrogens (primary N) is 1. The third kappa shape index (κ3) is 8.00. The Kier molecular flexibility index (Phi) is 9.85. The highest BCUT2D eigenvalue weighted by Crippen LogP contribution is 2.26. The van der Waals surface area contributed by atoms with Crippen LogP contribution in [0.15, 0.2) is 60.9 Å². The molecule has 39 heavy (non-hydrogen) atoms. The van der Waals surface area contributed by atoms with Gasteiger partial charge in [0.25, 0.3) is 0 Å². The number of piperidine rings is 2. The lowest BCUT2D eigenvalue weighted by atomic mass is 10.00. The lowest BCUT2D eigenvalue weighted by Crippen LogP contribution is -2.41. The predicted molar refractivity (Wildman–Crippen MR) is 156 cm³/mol. The van der Waals surface area contributed by atoms with E-state index in [9.17, 15) is 4.79 Å². The average Bonchev–Trinajstić information content (AvgIpc) is 2.96. The highest BCUT2D eigenvalue weighted by Gasteiger charge is 2.22. The number of anilines is 2. The van der Waals surface area contributed by atoms with Gasteiger partial charge in [-0.05, 0) is 88.1 Å². The summed E-state index contributed by atoms with van der Waals surface area (Å²) < 4.78 is 5.82. The van der Waals surface area contributed by atoms with E-state index >= 15 is 0 Å². The van der Waals surface area contributed by atoms with Crippen LogP contribution in [0.3, 0.4) is 0 Å². The second-order valence-electron chi connectivity index (χ2n) is 10.4. The zero-order valence-electron chi connectivity index (χ0n) is 22.8. The van der Waals surface area contributed by atoms with E-state index in [0.29, 0.717) is 29.2 Å². The summed E-state index contributed by atoms with van der Waals surface area (Å²) in [6, 6.07) is 16.8. The van der Waals surface area contributed by atoms with Crippen LogP contribution in [0.2, 0.25) is 0 Å². The van der Waals surface area contributed by atoms with Crippen molar-refractivity contribution in [2.24, 2.45) is 5.92 Å². The molecule has 0 bridgehead atoms. The van der Waals surface area contributed by atoms with Crippen LogP contribution in [-0.2, 0) is 4.79 Å². The Bertz CT molecular complexity index is 1200. The highest BCUT2D eigenvalue weighted by molar-refractivity contribution is 6.16. The normalized spacial score (nSPS) is 18.0. The van der Waals surface area contributed by atoms with Gasteiger partial charge in [0.05, 0.1) is 11.3 Å². The molecule has 1 amide bonds. The molecule has 2 fully saturated rings.